The zero-order chi connectivity index (χ0) is 21.1. The molecule has 8 nitrogen and oxygen atoms in total. The summed E-state index contributed by atoms with van der Waals surface area (Å²) in [5.74, 6) is 1.20. The minimum atomic E-state index is -3.90. The van der Waals surface area contributed by atoms with Gasteiger partial charge in [-0.05, 0) is 24.8 Å². The molecule has 0 N–H and O–H groups in total. The number of benzene rings is 2. The summed E-state index contributed by atoms with van der Waals surface area (Å²) in [6.07, 6.45) is 5.09. The average Bonchev–Trinajstić information content (AvgIpc) is 3.23. The molecule has 9 heteroatoms. The Morgan fingerprint density at radius 3 is 2.40 bits per heavy atom. The normalized spacial score (nSPS) is 15.9. The van der Waals surface area contributed by atoms with Crippen molar-refractivity contribution >= 4 is 15.7 Å². The van der Waals surface area contributed by atoms with Gasteiger partial charge in [0.05, 0.1) is 4.92 Å². The third-order valence-electron chi connectivity index (χ3n) is 5.46. The van der Waals surface area contributed by atoms with Crippen molar-refractivity contribution in [1.82, 2.24) is 13.9 Å². The van der Waals surface area contributed by atoms with E-state index in [2.05, 4.69) is 9.55 Å². The number of hydrogen-bond acceptors (Lipinski definition) is 5. The fraction of sp³-hybridized carbons (Fsp3) is 0.286. The lowest BCUT2D eigenvalue weighted by atomic mass is 9.98. The fourth-order valence-corrected chi connectivity index (χ4v) is 5.51. The second-order valence-electron chi connectivity index (χ2n) is 7.34. The highest BCUT2D eigenvalue weighted by Gasteiger charge is 2.34. The van der Waals surface area contributed by atoms with Gasteiger partial charge in [0.15, 0.2) is 4.90 Å². The van der Waals surface area contributed by atoms with Crippen molar-refractivity contribution in [2.24, 2.45) is 5.92 Å². The Morgan fingerprint density at radius 2 is 1.70 bits per heavy atom. The quantitative estimate of drug-likeness (QED) is 0.443. The van der Waals surface area contributed by atoms with Crippen molar-refractivity contribution < 1.29 is 13.3 Å². The van der Waals surface area contributed by atoms with Gasteiger partial charge in [0.1, 0.15) is 5.82 Å². The number of nitrogens with zero attached hydrogens (tertiary/aromatic N) is 4. The number of piperidine rings is 1. The Morgan fingerprint density at radius 1 is 1.03 bits per heavy atom. The molecule has 1 aliphatic heterocycles. The molecule has 3 aromatic rings. The van der Waals surface area contributed by atoms with Crippen LogP contribution in [0.15, 0.2) is 71.9 Å². The van der Waals surface area contributed by atoms with E-state index in [0.717, 1.165) is 17.9 Å². The molecule has 0 spiro atoms. The van der Waals surface area contributed by atoms with Crippen molar-refractivity contribution in [1.29, 1.82) is 0 Å². The van der Waals surface area contributed by atoms with Crippen molar-refractivity contribution in [3.63, 3.8) is 0 Å². The largest absolute Gasteiger partial charge is 0.331 e. The Labute approximate surface area is 175 Å². The lowest BCUT2D eigenvalue weighted by molar-refractivity contribution is -0.387. The van der Waals surface area contributed by atoms with Gasteiger partial charge in [0.2, 0.25) is 10.0 Å². The van der Waals surface area contributed by atoms with Crippen LogP contribution in [-0.2, 0) is 16.6 Å². The van der Waals surface area contributed by atoms with Crippen LogP contribution in [0, 0.1) is 16.0 Å². The molecule has 4 rings (SSSR count). The van der Waals surface area contributed by atoms with E-state index in [9.17, 15) is 18.5 Å². The summed E-state index contributed by atoms with van der Waals surface area (Å²) in [5.41, 5.74) is 0.657. The van der Waals surface area contributed by atoms with Gasteiger partial charge in [0.25, 0.3) is 5.69 Å². The summed E-state index contributed by atoms with van der Waals surface area (Å²) >= 11 is 0. The lowest BCUT2D eigenvalue weighted by Gasteiger charge is -2.31. The molecule has 1 aliphatic rings. The lowest BCUT2D eigenvalue weighted by Crippen LogP contribution is -2.39. The van der Waals surface area contributed by atoms with Crippen LogP contribution in [0.1, 0.15) is 12.8 Å². The first-order valence-electron chi connectivity index (χ1n) is 9.77. The van der Waals surface area contributed by atoms with Crippen LogP contribution in [0.2, 0.25) is 0 Å². The van der Waals surface area contributed by atoms with E-state index in [0.29, 0.717) is 31.8 Å². The third kappa shape index (κ3) is 3.99. The van der Waals surface area contributed by atoms with Gasteiger partial charge in [-0.2, -0.15) is 4.31 Å². The molecule has 1 aromatic heterocycles. The molecule has 0 bridgehead atoms. The average molecular weight is 426 g/mol. The second-order valence-corrected chi connectivity index (χ2v) is 9.25. The van der Waals surface area contributed by atoms with E-state index in [4.69, 9.17) is 0 Å². The van der Waals surface area contributed by atoms with E-state index >= 15 is 0 Å². The summed E-state index contributed by atoms with van der Waals surface area (Å²) in [4.78, 5) is 14.8. The molecule has 0 amide bonds. The molecule has 0 atom stereocenters. The van der Waals surface area contributed by atoms with Crippen LogP contribution in [-0.4, -0.2) is 40.3 Å². The summed E-state index contributed by atoms with van der Waals surface area (Å²) in [6, 6.07) is 15.4. The summed E-state index contributed by atoms with van der Waals surface area (Å²) in [5, 5.41) is 11.2. The number of nitro groups is 1. The number of para-hydroxylation sites is 1. The van der Waals surface area contributed by atoms with Gasteiger partial charge in [0, 0.05) is 43.7 Å². The first kappa shape index (κ1) is 20.2. The number of aromatic nitrogens is 2. The van der Waals surface area contributed by atoms with E-state index < -0.39 is 14.9 Å². The smallest absolute Gasteiger partial charge is 0.289 e. The van der Waals surface area contributed by atoms with Gasteiger partial charge in [-0.15, -0.1) is 0 Å². The fourth-order valence-electron chi connectivity index (χ4n) is 3.88. The number of imidazole rings is 1. The Balaban J connectivity index is 1.45. The van der Waals surface area contributed by atoms with Crippen LogP contribution in [0.5, 0.6) is 0 Å². The number of sulfonamides is 1. The Bertz CT molecular complexity index is 1140. The molecule has 2 aromatic carbocycles. The van der Waals surface area contributed by atoms with Gasteiger partial charge in [-0.3, -0.25) is 10.1 Å². The number of rotatable bonds is 6. The first-order valence-corrected chi connectivity index (χ1v) is 11.2. The Kier molecular flexibility index (Phi) is 5.65. The zero-order valence-electron chi connectivity index (χ0n) is 16.3. The van der Waals surface area contributed by atoms with E-state index in [1.165, 1.54) is 28.6 Å². The molecule has 0 radical (unpaired) electrons. The maximum Gasteiger partial charge on any atom is 0.289 e. The molecule has 1 saturated heterocycles. The predicted octanol–water partition coefficient (Wildman–Crippen LogP) is 3.56. The molecule has 2 heterocycles. The van der Waals surface area contributed by atoms with Crippen LogP contribution < -0.4 is 0 Å². The molecule has 0 aliphatic carbocycles. The van der Waals surface area contributed by atoms with Crippen LogP contribution in [0.4, 0.5) is 5.69 Å². The highest BCUT2D eigenvalue weighted by Crippen LogP contribution is 2.30. The molecule has 30 heavy (non-hydrogen) atoms. The SMILES string of the molecule is O=[N+]([O-])c1ccccc1S(=O)(=O)N1CCC(Cn2ccnc2-c2ccccc2)CC1. The maximum absolute atomic E-state index is 13.0. The topological polar surface area (TPSA) is 98.3 Å². The van der Waals surface area contributed by atoms with Crippen LogP contribution >= 0.6 is 0 Å². The number of hydrogen-bond donors (Lipinski definition) is 0. The highest BCUT2D eigenvalue weighted by atomic mass is 32.2. The van der Waals surface area contributed by atoms with Crippen molar-refractivity contribution in [2.75, 3.05) is 13.1 Å². The van der Waals surface area contributed by atoms with Gasteiger partial charge in [-0.1, -0.05) is 42.5 Å². The molecule has 0 unspecified atom stereocenters. The third-order valence-corrected chi connectivity index (χ3v) is 7.40. The van der Waals surface area contributed by atoms with Gasteiger partial charge >= 0.3 is 0 Å². The second kappa shape index (κ2) is 8.37. The summed E-state index contributed by atoms with van der Waals surface area (Å²) < 4.78 is 29.4. The first-order chi connectivity index (χ1) is 14.5. The number of nitro benzene ring substituents is 1. The standard InChI is InChI=1S/C21H22N4O4S/c26-25(27)19-8-4-5-9-20(19)30(28,29)24-13-10-17(11-14-24)16-23-15-12-22-21(23)18-6-2-1-3-7-18/h1-9,12,15,17H,10-11,13-14,16H2. The predicted molar refractivity (Wildman–Crippen MR) is 112 cm³/mol. The molecule has 0 saturated carbocycles. The van der Waals surface area contributed by atoms with Gasteiger partial charge < -0.3 is 4.57 Å². The van der Waals surface area contributed by atoms with Crippen LogP contribution in [0.25, 0.3) is 11.4 Å². The minimum Gasteiger partial charge on any atom is -0.331 e. The molecular weight excluding hydrogens is 404 g/mol. The summed E-state index contributed by atoms with van der Waals surface area (Å²) in [7, 11) is -3.90. The highest BCUT2D eigenvalue weighted by molar-refractivity contribution is 7.89. The van der Waals surface area contributed by atoms with Crippen LogP contribution in [0.3, 0.4) is 0 Å². The zero-order valence-corrected chi connectivity index (χ0v) is 17.1. The Hall–Kier alpha value is -3.04. The maximum atomic E-state index is 13.0. The van der Waals surface area contributed by atoms with Crippen molar-refractivity contribution in [3.05, 3.63) is 77.1 Å². The molecular formula is C21H22N4O4S. The van der Waals surface area contributed by atoms with E-state index in [1.807, 2.05) is 36.5 Å². The van der Waals surface area contributed by atoms with Crippen molar-refractivity contribution in [2.45, 2.75) is 24.3 Å². The molecule has 1 fully saturated rings. The summed E-state index contributed by atoms with van der Waals surface area (Å²) in [6.45, 7) is 1.44. The van der Waals surface area contributed by atoms with E-state index in [-0.39, 0.29) is 10.6 Å². The minimum absolute atomic E-state index is 0.241. The van der Waals surface area contributed by atoms with Gasteiger partial charge in [-0.25, -0.2) is 13.4 Å². The monoisotopic (exact) mass is 426 g/mol. The van der Waals surface area contributed by atoms with E-state index in [1.54, 1.807) is 6.20 Å². The molecule has 156 valence electrons. The van der Waals surface area contributed by atoms with Crippen molar-refractivity contribution in [3.8, 4) is 11.4 Å².